The third-order valence-corrected chi connectivity index (χ3v) is 1.64. The summed E-state index contributed by atoms with van der Waals surface area (Å²) >= 11 is 0. The second kappa shape index (κ2) is 5.86. The number of carbonyl (C=O) groups is 1. The topological polar surface area (TPSA) is 64.3 Å². The zero-order valence-corrected chi connectivity index (χ0v) is 9.59. The lowest BCUT2D eigenvalue weighted by atomic mass is 10.2. The van der Waals surface area contributed by atoms with E-state index >= 15 is 0 Å². The quantitative estimate of drug-likeness (QED) is 0.728. The van der Waals surface area contributed by atoms with E-state index in [1.54, 1.807) is 0 Å². The van der Waals surface area contributed by atoms with Crippen molar-refractivity contribution in [3.05, 3.63) is 0 Å². The molecule has 14 heavy (non-hydrogen) atoms. The molecule has 4 nitrogen and oxygen atoms in total. The molecule has 0 radical (unpaired) electrons. The van der Waals surface area contributed by atoms with Gasteiger partial charge < -0.3 is 15.8 Å². The monoisotopic (exact) mass is 202 g/mol. The van der Waals surface area contributed by atoms with Crippen LogP contribution in [0.15, 0.2) is 0 Å². The van der Waals surface area contributed by atoms with Crippen LogP contribution < -0.4 is 11.1 Å². The molecule has 0 aromatic carbocycles. The predicted molar refractivity (Wildman–Crippen MR) is 57.1 cm³/mol. The highest BCUT2D eigenvalue weighted by atomic mass is 16.6. The smallest absolute Gasteiger partial charge is 0.407 e. The van der Waals surface area contributed by atoms with E-state index in [0.717, 1.165) is 12.8 Å². The standard InChI is InChI=1S/C10H22N2O2/c1-5-6-8(7-11)12-9(13)14-10(2,3)4/h8H,5-7,11H2,1-4H3,(H,12,13)/t8-/m1/s1. The number of ether oxygens (including phenoxy) is 1. The molecule has 1 atom stereocenters. The largest absolute Gasteiger partial charge is 0.444 e. The Morgan fingerprint density at radius 1 is 1.50 bits per heavy atom. The molecule has 0 spiro atoms. The van der Waals surface area contributed by atoms with Gasteiger partial charge in [0.1, 0.15) is 5.60 Å². The number of alkyl carbamates (subject to hydrolysis) is 1. The van der Waals surface area contributed by atoms with Crippen LogP contribution in [0.3, 0.4) is 0 Å². The van der Waals surface area contributed by atoms with Crippen molar-refractivity contribution in [3.8, 4) is 0 Å². The molecule has 0 rings (SSSR count). The average molecular weight is 202 g/mol. The van der Waals surface area contributed by atoms with Crippen LogP contribution in [0.5, 0.6) is 0 Å². The minimum Gasteiger partial charge on any atom is -0.444 e. The summed E-state index contributed by atoms with van der Waals surface area (Å²) in [5.41, 5.74) is 5.05. The Bertz CT molecular complexity index is 175. The van der Waals surface area contributed by atoms with Gasteiger partial charge >= 0.3 is 6.09 Å². The second-order valence-electron chi connectivity index (χ2n) is 4.37. The van der Waals surface area contributed by atoms with Crippen molar-refractivity contribution in [1.82, 2.24) is 5.32 Å². The number of carbonyl (C=O) groups excluding carboxylic acids is 1. The molecule has 0 aliphatic heterocycles. The van der Waals surface area contributed by atoms with Gasteiger partial charge in [-0.3, -0.25) is 0 Å². The number of amides is 1. The summed E-state index contributed by atoms with van der Waals surface area (Å²) in [6.45, 7) is 8.02. The van der Waals surface area contributed by atoms with Crippen LogP contribution in [0, 0.1) is 0 Å². The molecular formula is C10H22N2O2. The maximum atomic E-state index is 11.3. The van der Waals surface area contributed by atoms with Gasteiger partial charge in [-0.25, -0.2) is 4.79 Å². The molecule has 0 fully saturated rings. The van der Waals surface area contributed by atoms with E-state index < -0.39 is 5.60 Å². The van der Waals surface area contributed by atoms with E-state index in [-0.39, 0.29) is 12.1 Å². The van der Waals surface area contributed by atoms with Gasteiger partial charge in [-0.1, -0.05) is 13.3 Å². The molecule has 0 bridgehead atoms. The summed E-state index contributed by atoms with van der Waals surface area (Å²) in [5, 5.41) is 2.74. The lowest BCUT2D eigenvalue weighted by Gasteiger charge is -2.22. The van der Waals surface area contributed by atoms with Crippen molar-refractivity contribution in [2.24, 2.45) is 5.73 Å². The van der Waals surface area contributed by atoms with E-state index in [9.17, 15) is 4.79 Å². The molecule has 4 heteroatoms. The van der Waals surface area contributed by atoms with Gasteiger partial charge in [0.2, 0.25) is 0 Å². The maximum Gasteiger partial charge on any atom is 0.407 e. The molecule has 0 aliphatic rings. The fourth-order valence-corrected chi connectivity index (χ4v) is 1.07. The molecule has 0 aromatic rings. The van der Waals surface area contributed by atoms with E-state index in [4.69, 9.17) is 10.5 Å². The van der Waals surface area contributed by atoms with E-state index in [0.29, 0.717) is 6.54 Å². The van der Waals surface area contributed by atoms with Gasteiger partial charge in [-0.2, -0.15) is 0 Å². The molecule has 0 aliphatic carbocycles. The summed E-state index contributed by atoms with van der Waals surface area (Å²) in [6.07, 6.45) is 1.49. The number of nitrogens with two attached hydrogens (primary N) is 1. The Morgan fingerprint density at radius 2 is 2.07 bits per heavy atom. The summed E-state index contributed by atoms with van der Waals surface area (Å²) in [6, 6.07) is 0.0230. The van der Waals surface area contributed by atoms with E-state index in [1.165, 1.54) is 0 Å². The molecule has 0 unspecified atom stereocenters. The zero-order valence-electron chi connectivity index (χ0n) is 9.59. The Labute approximate surface area is 86.2 Å². The fraction of sp³-hybridized carbons (Fsp3) is 0.900. The molecule has 0 aromatic heterocycles. The highest BCUT2D eigenvalue weighted by Gasteiger charge is 2.18. The van der Waals surface area contributed by atoms with Crippen molar-refractivity contribution in [3.63, 3.8) is 0 Å². The van der Waals surface area contributed by atoms with Crippen LogP contribution in [-0.4, -0.2) is 24.3 Å². The lowest BCUT2D eigenvalue weighted by molar-refractivity contribution is 0.0503. The third-order valence-electron chi connectivity index (χ3n) is 1.64. The Hall–Kier alpha value is -0.770. The lowest BCUT2D eigenvalue weighted by Crippen LogP contribution is -2.42. The first kappa shape index (κ1) is 13.2. The van der Waals surface area contributed by atoms with Gasteiger partial charge in [0, 0.05) is 12.6 Å². The first-order chi connectivity index (χ1) is 6.39. The molecule has 3 N–H and O–H groups in total. The number of hydrogen-bond acceptors (Lipinski definition) is 3. The summed E-state index contributed by atoms with van der Waals surface area (Å²) < 4.78 is 5.11. The normalized spacial score (nSPS) is 13.5. The highest BCUT2D eigenvalue weighted by Crippen LogP contribution is 2.07. The van der Waals surface area contributed by atoms with E-state index in [2.05, 4.69) is 12.2 Å². The van der Waals surface area contributed by atoms with Crippen LogP contribution in [-0.2, 0) is 4.74 Å². The molecule has 1 amide bonds. The van der Waals surface area contributed by atoms with Crippen molar-refractivity contribution in [2.45, 2.75) is 52.2 Å². The maximum absolute atomic E-state index is 11.3. The molecule has 0 saturated carbocycles. The summed E-state index contributed by atoms with van der Waals surface area (Å²) in [5.74, 6) is 0. The van der Waals surface area contributed by atoms with Gasteiger partial charge in [0.05, 0.1) is 0 Å². The highest BCUT2D eigenvalue weighted by molar-refractivity contribution is 5.68. The Kier molecular flexibility index (Phi) is 5.53. The van der Waals surface area contributed by atoms with Gasteiger partial charge in [0.15, 0.2) is 0 Å². The van der Waals surface area contributed by atoms with Gasteiger partial charge in [-0.15, -0.1) is 0 Å². The number of hydrogen-bond donors (Lipinski definition) is 2. The Balaban J connectivity index is 3.91. The first-order valence-electron chi connectivity index (χ1n) is 5.08. The van der Waals surface area contributed by atoms with Crippen molar-refractivity contribution in [1.29, 1.82) is 0 Å². The SMILES string of the molecule is CCC[C@H](CN)NC(=O)OC(C)(C)C. The van der Waals surface area contributed by atoms with Crippen LogP contribution in [0.1, 0.15) is 40.5 Å². The molecule has 84 valence electrons. The van der Waals surface area contributed by atoms with Crippen LogP contribution in [0.25, 0.3) is 0 Å². The summed E-state index contributed by atoms with van der Waals surface area (Å²) in [7, 11) is 0. The second-order valence-corrected chi connectivity index (χ2v) is 4.37. The van der Waals surface area contributed by atoms with Gasteiger partial charge in [0.25, 0.3) is 0 Å². The number of rotatable bonds is 4. The first-order valence-corrected chi connectivity index (χ1v) is 5.08. The fourth-order valence-electron chi connectivity index (χ4n) is 1.07. The molecule has 0 saturated heterocycles. The Morgan fingerprint density at radius 3 is 2.43 bits per heavy atom. The molecule has 0 heterocycles. The van der Waals surface area contributed by atoms with Crippen molar-refractivity contribution < 1.29 is 9.53 Å². The minimum atomic E-state index is -0.449. The molecular weight excluding hydrogens is 180 g/mol. The third kappa shape index (κ3) is 6.71. The summed E-state index contributed by atoms with van der Waals surface area (Å²) in [4.78, 5) is 11.3. The van der Waals surface area contributed by atoms with Crippen LogP contribution >= 0.6 is 0 Å². The van der Waals surface area contributed by atoms with Gasteiger partial charge in [-0.05, 0) is 27.2 Å². The zero-order chi connectivity index (χ0) is 11.2. The van der Waals surface area contributed by atoms with Crippen molar-refractivity contribution >= 4 is 6.09 Å². The minimum absolute atomic E-state index is 0.0230. The average Bonchev–Trinajstić information content (AvgIpc) is 2.00. The number of nitrogens with one attached hydrogen (secondary N) is 1. The predicted octanol–water partition coefficient (Wildman–Crippen LogP) is 1.64. The van der Waals surface area contributed by atoms with E-state index in [1.807, 2.05) is 20.8 Å². The van der Waals surface area contributed by atoms with Crippen LogP contribution in [0.2, 0.25) is 0 Å². The van der Waals surface area contributed by atoms with Crippen LogP contribution in [0.4, 0.5) is 4.79 Å². The van der Waals surface area contributed by atoms with Crippen molar-refractivity contribution in [2.75, 3.05) is 6.54 Å².